The van der Waals surface area contributed by atoms with E-state index in [0.717, 1.165) is 0 Å². The van der Waals surface area contributed by atoms with Crippen molar-refractivity contribution in [1.82, 2.24) is 9.88 Å². The predicted molar refractivity (Wildman–Crippen MR) is 75.6 cm³/mol. The molecule has 0 aromatic carbocycles. The second kappa shape index (κ2) is 6.87. The van der Waals surface area contributed by atoms with E-state index < -0.39 is 0 Å². The van der Waals surface area contributed by atoms with E-state index in [0.29, 0.717) is 29.0 Å². The Morgan fingerprint density at radius 2 is 2.30 bits per heavy atom. The van der Waals surface area contributed by atoms with E-state index in [1.807, 2.05) is 6.07 Å². The first-order chi connectivity index (χ1) is 9.72. The van der Waals surface area contributed by atoms with Crippen molar-refractivity contribution >= 4 is 21.8 Å². The highest BCUT2D eigenvalue weighted by atomic mass is 79.9. The van der Waals surface area contributed by atoms with E-state index in [1.165, 1.54) is 0 Å². The van der Waals surface area contributed by atoms with Crippen LogP contribution in [0.1, 0.15) is 22.7 Å². The molecule has 0 aliphatic heterocycles. The van der Waals surface area contributed by atoms with Crippen molar-refractivity contribution in [3.8, 4) is 6.07 Å². The van der Waals surface area contributed by atoms with Crippen LogP contribution in [0.2, 0.25) is 0 Å². The molecule has 0 aliphatic rings. The fraction of sp³-hybridized carbons (Fsp3) is 0.214. The zero-order valence-electron chi connectivity index (χ0n) is 10.6. The summed E-state index contributed by atoms with van der Waals surface area (Å²) in [6.45, 7) is 0.648. The Kier molecular flexibility index (Phi) is 4.91. The molecule has 0 unspecified atom stereocenters. The molecule has 2 heterocycles. The van der Waals surface area contributed by atoms with Crippen LogP contribution >= 0.6 is 15.9 Å². The van der Waals surface area contributed by atoms with Crippen molar-refractivity contribution in [1.29, 1.82) is 5.26 Å². The van der Waals surface area contributed by atoms with Crippen LogP contribution in [0, 0.1) is 11.3 Å². The lowest BCUT2D eigenvalue weighted by molar-refractivity contribution is 0.0728. The minimum absolute atomic E-state index is 0.232. The molecule has 0 saturated carbocycles. The monoisotopic (exact) mass is 333 g/mol. The Bertz CT molecular complexity index is 620. The summed E-state index contributed by atoms with van der Waals surface area (Å²) >= 11 is 3.31. The molecule has 6 heteroatoms. The van der Waals surface area contributed by atoms with Crippen molar-refractivity contribution in [2.45, 2.75) is 13.0 Å². The van der Waals surface area contributed by atoms with Crippen molar-refractivity contribution in [3.05, 3.63) is 52.7 Å². The van der Waals surface area contributed by atoms with Crippen molar-refractivity contribution in [2.75, 3.05) is 6.54 Å². The Morgan fingerprint density at radius 1 is 1.45 bits per heavy atom. The molecule has 20 heavy (non-hydrogen) atoms. The topological polar surface area (TPSA) is 70.1 Å². The largest absolute Gasteiger partial charge is 0.467 e. The fourth-order valence-electron chi connectivity index (χ4n) is 1.72. The van der Waals surface area contributed by atoms with Gasteiger partial charge < -0.3 is 9.32 Å². The van der Waals surface area contributed by atoms with Gasteiger partial charge in [0.15, 0.2) is 0 Å². The molecule has 0 radical (unpaired) electrons. The average molecular weight is 334 g/mol. The second-order valence-electron chi connectivity index (χ2n) is 4.05. The molecule has 2 aromatic heterocycles. The summed E-state index contributed by atoms with van der Waals surface area (Å²) in [5, 5.41) is 8.71. The number of pyridine rings is 1. The van der Waals surface area contributed by atoms with Crippen LogP contribution < -0.4 is 0 Å². The Balaban J connectivity index is 2.20. The quantitative estimate of drug-likeness (QED) is 0.843. The highest BCUT2D eigenvalue weighted by Crippen LogP contribution is 2.17. The van der Waals surface area contributed by atoms with Gasteiger partial charge in [0, 0.05) is 17.2 Å². The number of furan rings is 1. The minimum Gasteiger partial charge on any atom is -0.467 e. The first-order valence-electron chi connectivity index (χ1n) is 6.01. The molecule has 2 aromatic rings. The van der Waals surface area contributed by atoms with Crippen LogP contribution in [-0.2, 0) is 6.54 Å². The maximum Gasteiger partial charge on any atom is 0.274 e. The van der Waals surface area contributed by atoms with Gasteiger partial charge in [-0.2, -0.15) is 5.26 Å². The summed E-state index contributed by atoms with van der Waals surface area (Å²) in [6.07, 6.45) is 3.38. The first kappa shape index (κ1) is 14.3. The molecular weight excluding hydrogens is 322 g/mol. The summed E-state index contributed by atoms with van der Waals surface area (Å²) in [5.74, 6) is 0.437. The highest BCUT2D eigenvalue weighted by Gasteiger charge is 2.20. The van der Waals surface area contributed by atoms with E-state index in [4.69, 9.17) is 9.68 Å². The van der Waals surface area contributed by atoms with Crippen LogP contribution in [0.5, 0.6) is 0 Å². The van der Waals surface area contributed by atoms with Crippen LogP contribution in [0.15, 0.2) is 45.6 Å². The van der Waals surface area contributed by atoms with Gasteiger partial charge in [0.05, 0.1) is 25.3 Å². The number of nitriles is 1. The predicted octanol–water partition coefficient (Wildman–Crippen LogP) is 2.99. The lowest BCUT2D eigenvalue weighted by Crippen LogP contribution is -2.32. The molecule has 0 N–H and O–H groups in total. The molecule has 0 aliphatic carbocycles. The Hall–Kier alpha value is -2.13. The van der Waals surface area contributed by atoms with Gasteiger partial charge in [0.2, 0.25) is 0 Å². The lowest BCUT2D eigenvalue weighted by atomic mass is 10.2. The van der Waals surface area contributed by atoms with E-state index in [2.05, 4.69) is 20.9 Å². The van der Waals surface area contributed by atoms with Gasteiger partial charge in [0.1, 0.15) is 11.5 Å². The van der Waals surface area contributed by atoms with Gasteiger partial charge in [-0.05, 0) is 40.2 Å². The third-order valence-electron chi connectivity index (χ3n) is 2.67. The van der Waals surface area contributed by atoms with Gasteiger partial charge in [-0.25, -0.2) is 4.98 Å². The molecule has 0 fully saturated rings. The highest BCUT2D eigenvalue weighted by molar-refractivity contribution is 9.10. The number of aromatic nitrogens is 1. The standard InChI is InChI=1S/C14H12BrN3O2/c15-12-5-1-7-17-13(12)14(19)18(8-3-6-16)10-11-4-2-9-20-11/h1-2,4-5,7,9H,3,8,10H2. The molecule has 0 spiro atoms. The Morgan fingerprint density at radius 3 is 2.95 bits per heavy atom. The zero-order chi connectivity index (χ0) is 14.4. The van der Waals surface area contributed by atoms with Crippen molar-refractivity contribution < 1.29 is 9.21 Å². The van der Waals surface area contributed by atoms with Crippen molar-refractivity contribution in [2.24, 2.45) is 0 Å². The SMILES string of the molecule is N#CCCN(Cc1ccco1)C(=O)c1ncccc1Br. The third kappa shape index (κ3) is 3.45. The Labute approximate surface area is 125 Å². The summed E-state index contributed by atoms with van der Waals surface area (Å²) < 4.78 is 5.88. The van der Waals surface area contributed by atoms with E-state index in [1.54, 1.807) is 41.6 Å². The number of amides is 1. The van der Waals surface area contributed by atoms with Crippen LogP contribution in [0.25, 0.3) is 0 Å². The number of carbonyl (C=O) groups is 1. The summed E-state index contributed by atoms with van der Waals surface area (Å²) in [7, 11) is 0. The minimum atomic E-state index is -0.232. The number of nitrogens with zero attached hydrogens (tertiary/aromatic N) is 3. The van der Waals surface area contributed by atoms with Gasteiger partial charge >= 0.3 is 0 Å². The number of carbonyl (C=O) groups excluding carboxylic acids is 1. The second-order valence-corrected chi connectivity index (χ2v) is 4.90. The van der Waals surface area contributed by atoms with Gasteiger partial charge in [-0.1, -0.05) is 0 Å². The smallest absolute Gasteiger partial charge is 0.274 e. The number of hydrogen-bond acceptors (Lipinski definition) is 4. The van der Waals surface area contributed by atoms with Crippen molar-refractivity contribution in [3.63, 3.8) is 0 Å². The summed E-state index contributed by atoms with van der Waals surface area (Å²) in [6, 6.07) is 9.10. The first-order valence-corrected chi connectivity index (χ1v) is 6.81. The zero-order valence-corrected chi connectivity index (χ0v) is 12.2. The maximum absolute atomic E-state index is 12.5. The molecule has 5 nitrogen and oxygen atoms in total. The molecule has 102 valence electrons. The van der Waals surface area contributed by atoms with Gasteiger partial charge in [0.25, 0.3) is 5.91 Å². The molecule has 1 amide bonds. The van der Waals surface area contributed by atoms with Crippen LogP contribution in [-0.4, -0.2) is 22.3 Å². The van der Waals surface area contributed by atoms with Gasteiger partial charge in [-0.3, -0.25) is 4.79 Å². The average Bonchev–Trinajstić information content (AvgIpc) is 2.96. The lowest BCUT2D eigenvalue weighted by Gasteiger charge is -2.20. The molecule has 2 rings (SSSR count). The van der Waals surface area contributed by atoms with E-state index >= 15 is 0 Å². The molecule has 0 atom stereocenters. The van der Waals surface area contributed by atoms with E-state index in [9.17, 15) is 4.79 Å². The maximum atomic E-state index is 12.5. The molecule has 0 saturated heterocycles. The fourth-order valence-corrected chi connectivity index (χ4v) is 2.15. The number of halogens is 1. The normalized spacial score (nSPS) is 10.0. The third-order valence-corrected chi connectivity index (χ3v) is 3.31. The summed E-state index contributed by atoms with van der Waals surface area (Å²) in [4.78, 5) is 18.1. The number of hydrogen-bond donors (Lipinski definition) is 0. The summed E-state index contributed by atoms with van der Waals surface area (Å²) in [5.41, 5.74) is 0.331. The van der Waals surface area contributed by atoms with Crippen LogP contribution in [0.3, 0.4) is 0 Å². The number of rotatable bonds is 5. The van der Waals surface area contributed by atoms with Crippen LogP contribution in [0.4, 0.5) is 0 Å². The van der Waals surface area contributed by atoms with Gasteiger partial charge in [-0.15, -0.1) is 0 Å². The molecule has 0 bridgehead atoms. The van der Waals surface area contributed by atoms with E-state index in [-0.39, 0.29) is 12.3 Å². The molecular formula is C14H12BrN3O2.